The van der Waals surface area contributed by atoms with Crippen LogP contribution in [0.25, 0.3) is 0 Å². The van der Waals surface area contributed by atoms with Gasteiger partial charge in [0.05, 0.1) is 12.2 Å². The molecule has 1 fully saturated rings. The largest absolute Gasteiger partial charge is 0.484 e. The normalized spacial score (nSPS) is 15.1. The number of aromatic nitrogens is 2. The second kappa shape index (κ2) is 11.9. The van der Waals surface area contributed by atoms with E-state index < -0.39 is 0 Å². The molecule has 0 aliphatic carbocycles. The van der Waals surface area contributed by atoms with Gasteiger partial charge in [0.1, 0.15) is 5.75 Å². The molecule has 188 valence electrons. The molecular formula is C26H28BrN5O4. The van der Waals surface area contributed by atoms with Crippen LogP contribution in [0.1, 0.15) is 18.4 Å². The minimum absolute atomic E-state index is 0.0913. The van der Waals surface area contributed by atoms with E-state index in [9.17, 15) is 14.4 Å². The Labute approximate surface area is 218 Å². The molecule has 2 heterocycles. The first kappa shape index (κ1) is 25.4. The average molecular weight is 554 g/mol. The molecule has 3 aromatic rings. The number of imidazole rings is 1. The summed E-state index contributed by atoms with van der Waals surface area (Å²) in [5.74, 6) is -0.337. The van der Waals surface area contributed by atoms with Crippen molar-refractivity contribution in [2.75, 3.05) is 29.9 Å². The zero-order valence-electron chi connectivity index (χ0n) is 19.9. The van der Waals surface area contributed by atoms with Crippen molar-refractivity contribution in [2.45, 2.75) is 26.3 Å². The van der Waals surface area contributed by atoms with Crippen molar-refractivity contribution >= 4 is 45.0 Å². The number of hydrogen-bond donors (Lipinski definition) is 2. The molecule has 1 atom stereocenters. The summed E-state index contributed by atoms with van der Waals surface area (Å²) in [6.07, 6.45) is 6.31. The van der Waals surface area contributed by atoms with E-state index >= 15 is 0 Å². The number of nitrogens with one attached hydrogen (secondary N) is 2. The van der Waals surface area contributed by atoms with Crippen LogP contribution in [-0.4, -0.2) is 47.0 Å². The number of aryl methyl sites for hydroxylation is 2. The molecule has 2 aromatic carbocycles. The molecule has 4 rings (SSSR count). The number of carbonyl (C=O) groups is 3. The van der Waals surface area contributed by atoms with Crippen LogP contribution in [0.15, 0.2) is 65.7 Å². The van der Waals surface area contributed by atoms with Gasteiger partial charge in [0.2, 0.25) is 11.8 Å². The zero-order valence-corrected chi connectivity index (χ0v) is 21.5. The maximum atomic E-state index is 12.5. The zero-order chi connectivity index (χ0) is 25.5. The molecule has 36 heavy (non-hydrogen) atoms. The van der Waals surface area contributed by atoms with Crippen molar-refractivity contribution in [3.05, 3.63) is 71.2 Å². The van der Waals surface area contributed by atoms with Gasteiger partial charge in [0, 0.05) is 54.3 Å². The van der Waals surface area contributed by atoms with Crippen LogP contribution in [0.5, 0.6) is 5.75 Å². The Morgan fingerprint density at radius 2 is 2.00 bits per heavy atom. The van der Waals surface area contributed by atoms with Crippen molar-refractivity contribution < 1.29 is 19.1 Å². The van der Waals surface area contributed by atoms with E-state index in [-0.39, 0.29) is 36.7 Å². The first-order valence-corrected chi connectivity index (χ1v) is 12.5. The summed E-state index contributed by atoms with van der Waals surface area (Å²) in [4.78, 5) is 42.9. The highest BCUT2D eigenvalue weighted by molar-refractivity contribution is 9.10. The van der Waals surface area contributed by atoms with Gasteiger partial charge in [0.25, 0.3) is 5.91 Å². The van der Waals surface area contributed by atoms with Crippen LogP contribution in [0.2, 0.25) is 0 Å². The van der Waals surface area contributed by atoms with Crippen LogP contribution in [-0.2, 0) is 20.9 Å². The SMILES string of the molecule is Cc1cc(NC(=O)COc2ccc(N3C[C@@H](C(=O)NCCCn4ccnc4)CC3=O)cc2)ccc1Br. The molecular weight excluding hydrogens is 526 g/mol. The van der Waals surface area contributed by atoms with Gasteiger partial charge in [-0.25, -0.2) is 4.98 Å². The highest BCUT2D eigenvalue weighted by atomic mass is 79.9. The first-order chi connectivity index (χ1) is 17.4. The number of hydrogen-bond acceptors (Lipinski definition) is 5. The summed E-state index contributed by atoms with van der Waals surface area (Å²) in [5, 5.41) is 5.73. The van der Waals surface area contributed by atoms with Crippen LogP contribution < -0.4 is 20.3 Å². The molecule has 1 aliphatic rings. The smallest absolute Gasteiger partial charge is 0.262 e. The third kappa shape index (κ3) is 6.72. The molecule has 1 aliphatic heterocycles. The first-order valence-electron chi connectivity index (χ1n) is 11.7. The van der Waals surface area contributed by atoms with E-state index in [2.05, 4.69) is 31.5 Å². The number of halogens is 1. The second-order valence-electron chi connectivity index (χ2n) is 8.65. The molecule has 10 heteroatoms. The molecule has 1 saturated heterocycles. The Hall–Kier alpha value is -3.66. The molecule has 2 N–H and O–H groups in total. The fourth-order valence-corrected chi connectivity index (χ4v) is 4.21. The summed E-state index contributed by atoms with van der Waals surface area (Å²) >= 11 is 3.44. The average Bonchev–Trinajstić information content (AvgIpc) is 3.53. The standard InChI is InChI=1S/C26H28BrN5O4/c1-18-13-20(3-8-23(18)27)30-24(33)16-36-22-6-4-21(5-7-22)32-15-19(14-25(32)34)26(35)29-9-2-11-31-12-10-28-17-31/h3-8,10,12-13,17,19H,2,9,11,14-16H2,1H3,(H,29,35)(H,30,33)/t19-/m0/s1. The van der Waals surface area contributed by atoms with Gasteiger partial charge in [0.15, 0.2) is 6.61 Å². The predicted molar refractivity (Wildman–Crippen MR) is 140 cm³/mol. The number of amides is 3. The van der Waals surface area contributed by atoms with Crippen LogP contribution >= 0.6 is 15.9 Å². The van der Waals surface area contributed by atoms with E-state index in [0.29, 0.717) is 30.2 Å². The van der Waals surface area contributed by atoms with Gasteiger partial charge in [-0.3, -0.25) is 14.4 Å². The third-order valence-electron chi connectivity index (χ3n) is 5.91. The van der Waals surface area contributed by atoms with Crippen molar-refractivity contribution in [1.29, 1.82) is 0 Å². The quantitative estimate of drug-likeness (QED) is 0.373. The molecule has 0 spiro atoms. The van der Waals surface area contributed by atoms with E-state index in [1.54, 1.807) is 41.7 Å². The number of ether oxygens (including phenoxy) is 1. The number of carbonyl (C=O) groups excluding carboxylic acids is 3. The molecule has 1 aromatic heterocycles. The Balaban J connectivity index is 1.22. The van der Waals surface area contributed by atoms with E-state index in [1.807, 2.05) is 35.9 Å². The maximum absolute atomic E-state index is 12.5. The minimum atomic E-state index is -0.382. The lowest BCUT2D eigenvalue weighted by Gasteiger charge is -2.17. The van der Waals surface area contributed by atoms with Gasteiger partial charge in [-0.1, -0.05) is 15.9 Å². The van der Waals surface area contributed by atoms with Crippen molar-refractivity contribution in [3.63, 3.8) is 0 Å². The van der Waals surface area contributed by atoms with E-state index in [1.165, 1.54) is 0 Å². The predicted octanol–water partition coefficient (Wildman–Crippen LogP) is 3.53. The fourth-order valence-electron chi connectivity index (χ4n) is 3.96. The van der Waals surface area contributed by atoms with Gasteiger partial charge >= 0.3 is 0 Å². The Bertz CT molecular complexity index is 1210. The van der Waals surface area contributed by atoms with E-state index in [4.69, 9.17) is 4.74 Å². The summed E-state index contributed by atoms with van der Waals surface area (Å²) < 4.78 is 8.51. The Morgan fingerprint density at radius 1 is 1.19 bits per heavy atom. The molecule has 0 bridgehead atoms. The highest BCUT2D eigenvalue weighted by Crippen LogP contribution is 2.27. The number of benzene rings is 2. The molecule has 9 nitrogen and oxygen atoms in total. The van der Waals surface area contributed by atoms with Gasteiger partial charge in [-0.2, -0.15) is 0 Å². The lowest BCUT2D eigenvalue weighted by molar-refractivity contribution is -0.126. The monoisotopic (exact) mass is 553 g/mol. The van der Waals surface area contributed by atoms with Gasteiger partial charge in [-0.05, 0) is 61.4 Å². The van der Waals surface area contributed by atoms with Gasteiger partial charge < -0.3 is 24.8 Å². The molecule has 0 unspecified atom stereocenters. The van der Waals surface area contributed by atoms with Crippen molar-refractivity contribution in [2.24, 2.45) is 5.92 Å². The molecule has 0 radical (unpaired) electrons. The number of nitrogens with zero attached hydrogens (tertiary/aromatic N) is 3. The topological polar surface area (TPSA) is 106 Å². The lowest BCUT2D eigenvalue weighted by Crippen LogP contribution is -2.33. The highest BCUT2D eigenvalue weighted by Gasteiger charge is 2.34. The summed E-state index contributed by atoms with van der Waals surface area (Å²) in [6.45, 7) is 3.46. The summed E-state index contributed by atoms with van der Waals surface area (Å²) in [5.41, 5.74) is 2.41. The Kier molecular flexibility index (Phi) is 8.37. The number of rotatable bonds is 10. The van der Waals surface area contributed by atoms with Crippen LogP contribution in [0.3, 0.4) is 0 Å². The fraction of sp³-hybridized carbons (Fsp3) is 0.308. The van der Waals surface area contributed by atoms with Crippen LogP contribution in [0.4, 0.5) is 11.4 Å². The second-order valence-corrected chi connectivity index (χ2v) is 9.50. The summed E-state index contributed by atoms with van der Waals surface area (Å²) in [7, 11) is 0. The number of anilines is 2. The van der Waals surface area contributed by atoms with Gasteiger partial charge in [-0.15, -0.1) is 0 Å². The van der Waals surface area contributed by atoms with Crippen molar-refractivity contribution in [1.82, 2.24) is 14.9 Å². The summed E-state index contributed by atoms with van der Waals surface area (Å²) in [6, 6.07) is 12.5. The molecule has 3 amide bonds. The Morgan fingerprint density at radius 3 is 2.72 bits per heavy atom. The third-order valence-corrected chi connectivity index (χ3v) is 6.80. The lowest BCUT2D eigenvalue weighted by atomic mass is 10.1. The van der Waals surface area contributed by atoms with E-state index in [0.717, 1.165) is 23.0 Å². The molecule has 0 saturated carbocycles. The maximum Gasteiger partial charge on any atom is 0.262 e. The van der Waals surface area contributed by atoms with Crippen molar-refractivity contribution in [3.8, 4) is 5.75 Å². The minimum Gasteiger partial charge on any atom is -0.484 e. The van der Waals surface area contributed by atoms with Crippen LogP contribution in [0, 0.1) is 12.8 Å².